The average Bonchev–Trinajstić information content (AvgIpc) is 3.43. The van der Waals surface area contributed by atoms with Gasteiger partial charge in [-0.15, -0.1) is 0 Å². The van der Waals surface area contributed by atoms with Crippen LogP contribution in [-0.4, -0.2) is 45.1 Å². The van der Waals surface area contributed by atoms with Crippen LogP contribution in [0.3, 0.4) is 0 Å². The summed E-state index contributed by atoms with van der Waals surface area (Å²) in [6.45, 7) is 2.96. The third-order valence-corrected chi connectivity index (χ3v) is 7.18. The van der Waals surface area contributed by atoms with Gasteiger partial charge >= 0.3 is 0 Å². The van der Waals surface area contributed by atoms with Crippen molar-refractivity contribution >= 4 is 16.8 Å². The molecule has 1 aliphatic heterocycles. The molecule has 2 fully saturated rings. The molecule has 0 spiro atoms. The number of fused-ring (bicyclic) bond motifs is 2. The van der Waals surface area contributed by atoms with Crippen LogP contribution in [0, 0.1) is 5.92 Å². The first kappa shape index (κ1) is 24.8. The number of aliphatic hydroxyl groups excluding tert-OH is 1. The van der Waals surface area contributed by atoms with Gasteiger partial charge in [0.1, 0.15) is 5.76 Å². The molecule has 0 radical (unpaired) electrons. The molecule has 1 saturated carbocycles. The van der Waals surface area contributed by atoms with E-state index in [1.165, 1.54) is 0 Å². The van der Waals surface area contributed by atoms with Crippen LogP contribution in [0.15, 0.2) is 47.2 Å². The SMILES string of the molecule is CC(CC(=O)N1CCCC2C(O)CCCC21)c1c[nH]c2cccc(-c3ccco3)c12.O.[W]. The number of piperidine rings is 1. The maximum atomic E-state index is 13.3. The van der Waals surface area contributed by atoms with Crippen LogP contribution in [0.5, 0.6) is 0 Å². The molecule has 2 aromatic heterocycles. The normalized spacial score (nSPS) is 23.7. The molecule has 3 heterocycles. The third-order valence-electron chi connectivity index (χ3n) is 7.18. The van der Waals surface area contributed by atoms with Gasteiger partial charge < -0.3 is 24.9 Å². The minimum absolute atomic E-state index is 0. The average molecular weight is 608 g/mol. The van der Waals surface area contributed by atoms with E-state index in [1.807, 2.05) is 24.4 Å². The Balaban J connectivity index is 0.00000144. The van der Waals surface area contributed by atoms with Gasteiger partial charge in [-0.25, -0.2) is 0 Å². The van der Waals surface area contributed by atoms with Crippen molar-refractivity contribution in [3.8, 4) is 11.3 Å². The molecule has 1 aromatic carbocycles. The maximum absolute atomic E-state index is 13.3. The van der Waals surface area contributed by atoms with Gasteiger partial charge in [0.25, 0.3) is 0 Å². The van der Waals surface area contributed by atoms with Crippen LogP contribution >= 0.6 is 0 Å². The molecule has 0 bridgehead atoms. The first-order valence-electron chi connectivity index (χ1n) is 11.2. The van der Waals surface area contributed by atoms with Crippen LogP contribution < -0.4 is 0 Å². The van der Waals surface area contributed by atoms with Crippen LogP contribution in [0.4, 0.5) is 0 Å². The Morgan fingerprint density at radius 3 is 2.84 bits per heavy atom. The van der Waals surface area contributed by atoms with E-state index in [0.29, 0.717) is 6.42 Å². The van der Waals surface area contributed by atoms with Gasteiger partial charge in [-0.2, -0.15) is 0 Å². The van der Waals surface area contributed by atoms with Crippen molar-refractivity contribution in [1.82, 2.24) is 9.88 Å². The van der Waals surface area contributed by atoms with Gasteiger partial charge in [0.2, 0.25) is 5.91 Å². The number of benzene rings is 1. The monoisotopic (exact) mass is 608 g/mol. The molecular weight excluding hydrogens is 576 g/mol. The summed E-state index contributed by atoms with van der Waals surface area (Å²) in [7, 11) is 0. The minimum atomic E-state index is -0.249. The quantitative estimate of drug-likeness (QED) is 0.464. The largest absolute Gasteiger partial charge is 0.464 e. The summed E-state index contributed by atoms with van der Waals surface area (Å²) >= 11 is 0. The summed E-state index contributed by atoms with van der Waals surface area (Å²) in [4.78, 5) is 18.8. The molecule has 1 saturated heterocycles. The first-order valence-corrected chi connectivity index (χ1v) is 11.2. The number of nitrogens with one attached hydrogen (secondary N) is 1. The van der Waals surface area contributed by atoms with Gasteiger partial charge in [0, 0.05) is 68.7 Å². The molecule has 3 aromatic rings. The topological polar surface area (TPSA) is 101 Å². The number of carbonyl (C=O) groups is 1. The number of aliphatic hydroxyl groups is 1. The Morgan fingerprint density at radius 1 is 1.22 bits per heavy atom. The van der Waals surface area contributed by atoms with E-state index < -0.39 is 0 Å². The second-order valence-electron chi connectivity index (χ2n) is 9.01. The standard InChI is InChI=1S/C25H30N2O3.H2O.W/c1-16(14-24(29)27-12-4-7-17-21(27)9-3-10-22(17)28)19-15-26-20-8-2-6-18(25(19)20)23-11-5-13-30-23;;/h2,5-6,8,11,13,15-17,21-22,26,28H,3-4,7,9-10,12,14H2,1H3;1H2;. The van der Waals surface area contributed by atoms with E-state index in [9.17, 15) is 9.90 Å². The van der Waals surface area contributed by atoms with Crippen LogP contribution in [0.2, 0.25) is 0 Å². The van der Waals surface area contributed by atoms with Crippen LogP contribution in [0.25, 0.3) is 22.2 Å². The predicted molar refractivity (Wildman–Crippen MR) is 121 cm³/mol. The number of aromatic nitrogens is 1. The zero-order valence-corrected chi connectivity index (χ0v) is 21.4. The summed E-state index contributed by atoms with van der Waals surface area (Å²) < 4.78 is 5.66. The summed E-state index contributed by atoms with van der Waals surface area (Å²) in [5.74, 6) is 1.41. The molecule has 2 aliphatic rings. The summed E-state index contributed by atoms with van der Waals surface area (Å²) in [5.41, 5.74) is 3.27. The van der Waals surface area contributed by atoms with E-state index in [-0.39, 0.29) is 56.4 Å². The molecular formula is C25H32N2O4W. The zero-order valence-electron chi connectivity index (χ0n) is 18.4. The van der Waals surface area contributed by atoms with E-state index >= 15 is 0 Å². The second-order valence-corrected chi connectivity index (χ2v) is 9.01. The van der Waals surface area contributed by atoms with Crippen molar-refractivity contribution in [3.05, 3.63) is 48.4 Å². The van der Waals surface area contributed by atoms with Crippen molar-refractivity contribution in [3.63, 3.8) is 0 Å². The summed E-state index contributed by atoms with van der Waals surface area (Å²) in [5, 5.41) is 11.6. The summed E-state index contributed by atoms with van der Waals surface area (Å²) in [6, 6.07) is 10.3. The maximum Gasteiger partial charge on any atom is 0.223 e. The number of carbonyl (C=O) groups excluding carboxylic acids is 1. The molecule has 32 heavy (non-hydrogen) atoms. The van der Waals surface area contributed by atoms with Crippen molar-refractivity contribution in [2.45, 2.75) is 63.5 Å². The van der Waals surface area contributed by atoms with Gasteiger partial charge in [0.05, 0.1) is 12.4 Å². The second kappa shape index (κ2) is 10.4. The molecule has 1 amide bonds. The van der Waals surface area contributed by atoms with Crippen molar-refractivity contribution < 1.29 is 40.9 Å². The third kappa shape index (κ3) is 4.46. The molecule has 7 heteroatoms. The zero-order chi connectivity index (χ0) is 20.7. The fraction of sp³-hybridized carbons (Fsp3) is 0.480. The predicted octanol–water partition coefficient (Wildman–Crippen LogP) is 4.25. The number of aromatic amines is 1. The van der Waals surface area contributed by atoms with Gasteiger partial charge in [0.15, 0.2) is 0 Å². The Labute approximate surface area is 202 Å². The van der Waals surface area contributed by atoms with E-state index in [4.69, 9.17) is 4.42 Å². The molecule has 6 nitrogen and oxygen atoms in total. The number of furan rings is 1. The Bertz CT molecular complexity index is 1030. The fourth-order valence-corrected chi connectivity index (χ4v) is 5.69. The minimum Gasteiger partial charge on any atom is -0.464 e. The van der Waals surface area contributed by atoms with Gasteiger partial charge in [-0.3, -0.25) is 4.79 Å². The number of rotatable bonds is 4. The fourth-order valence-electron chi connectivity index (χ4n) is 5.69. The number of hydrogen-bond donors (Lipinski definition) is 2. The van der Waals surface area contributed by atoms with Crippen molar-refractivity contribution in [2.75, 3.05) is 6.54 Å². The Kier molecular flexibility index (Phi) is 8.02. The van der Waals surface area contributed by atoms with Gasteiger partial charge in [-0.05, 0) is 61.8 Å². The van der Waals surface area contributed by atoms with E-state index in [2.05, 4.69) is 28.9 Å². The molecule has 4 unspecified atom stereocenters. The van der Waals surface area contributed by atoms with Crippen molar-refractivity contribution in [1.29, 1.82) is 0 Å². The summed E-state index contributed by atoms with van der Waals surface area (Å²) in [6.07, 6.45) is 8.92. The number of hydrogen-bond acceptors (Lipinski definition) is 3. The first-order chi connectivity index (χ1) is 14.6. The number of nitrogens with zero attached hydrogens (tertiary/aromatic N) is 1. The van der Waals surface area contributed by atoms with Crippen molar-refractivity contribution in [2.24, 2.45) is 5.92 Å². The van der Waals surface area contributed by atoms with Crippen LogP contribution in [0.1, 0.15) is 56.9 Å². The molecule has 5 rings (SSSR count). The molecule has 4 atom stereocenters. The Morgan fingerprint density at radius 2 is 2.06 bits per heavy atom. The number of H-pyrrole nitrogens is 1. The van der Waals surface area contributed by atoms with E-state index in [1.54, 1.807) is 6.26 Å². The smallest absolute Gasteiger partial charge is 0.223 e. The molecule has 172 valence electrons. The number of likely N-dealkylation sites (tertiary alicyclic amines) is 1. The molecule has 1 aliphatic carbocycles. The number of amides is 1. The molecule has 4 N–H and O–H groups in total. The Hall–Kier alpha value is -1.88. The van der Waals surface area contributed by atoms with Crippen LogP contribution in [-0.2, 0) is 25.9 Å². The van der Waals surface area contributed by atoms with E-state index in [0.717, 1.165) is 66.4 Å². The van der Waals surface area contributed by atoms with Gasteiger partial charge in [-0.1, -0.05) is 19.1 Å².